The van der Waals surface area contributed by atoms with Crippen molar-refractivity contribution in [2.45, 2.75) is 25.9 Å². The van der Waals surface area contributed by atoms with Gasteiger partial charge in [0, 0.05) is 21.5 Å². The zero-order chi connectivity index (χ0) is 17.3. The predicted molar refractivity (Wildman–Crippen MR) is 98.5 cm³/mol. The van der Waals surface area contributed by atoms with E-state index in [-0.39, 0.29) is 11.7 Å². The number of nitrogens with one attached hydrogen (secondary N) is 1. The molecule has 3 aromatic rings. The van der Waals surface area contributed by atoms with Gasteiger partial charge in [-0.1, -0.05) is 27.7 Å². The van der Waals surface area contributed by atoms with Gasteiger partial charge in [0.2, 0.25) is 11.1 Å². The third-order valence-corrected chi connectivity index (χ3v) is 5.07. The maximum absolute atomic E-state index is 12.0. The van der Waals surface area contributed by atoms with Crippen LogP contribution in [0.1, 0.15) is 17.0 Å². The zero-order valence-corrected chi connectivity index (χ0v) is 15.9. The van der Waals surface area contributed by atoms with Crippen molar-refractivity contribution in [1.29, 1.82) is 0 Å². The Bertz CT molecular complexity index is 907. The predicted octanol–water partition coefficient (Wildman–Crippen LogP) is 3.54. The third-order valence-electron chi connectivity index (χ3n) is 3.70. The lowest BCUT2D eigenvalue weighted by Crippen LogP contribution is -2.14. The minimum Gasteiger partial charge on any atom is -0.325 e. The van der Waals surface area contributed by atoms with E-state index in [0.29, 0.717) is 10.9 Å². The zero-order valence-electron chi connectivity index (χ0n) is 13.5. The van der Waals surface area contributed by atoms with Gasteiger partial charge in [0.1, 0.15) is 0 Å². The van der Waals surface area contributed by atoms with Crippen molar-refractivity contribution < 1.29 is 4.79 Å². The largest absolute Gasteiger partial charge is 0.325 e. The smallest absolute Gasteiger partial charge is 0.253 e. The number of halogens is 1. The van der Waals surface area contributed by atoms with Gasteiger partial charge in [-0.15, -0.1) is 5.10 Å². The molecule has 0 atom stereocenters. The van der Waals surface area contributed by atoms with Crippen LogP contribution in [-0.4, -0.2) is 31.2 Å². The highest BCUT2D eigenvalue weighted by atomic mass is 79.9. The van der Waals surface area contributed by atoms with Crippen molar-refractivity contribution >= 4 is 45.1 Å². The molecule has 0 saturated carbocycles. The molecule has 1 amide bonds. The van der Waals surface area contributed by atoms with E-state index in [9.17, 15) is 4.79 Å². The summed E-state index contributed by atoms with van der Waals surface area (Å²) in [5.41, 5.74) is 3.81. The molecule has 8 heteroatoms. The molecule has 2 heterocycles. The molecule has 1 aromatic carbocycles. The van der Waals surface area contributed by atoms with Gasteiger partial charge in [-0.25, -0.2) is 9.50 Å². The SMILES string of the molecule is Cc1nc2nc(SCC(=O)Nc3ccc(Br)cc3)nn2c(C)c1C. The van der Waals surface area contributed by atoms with E-state index in [1.807, 2.05) is 45.0 Å². The van der Waals surface area contributed by atoms with E-state index in [1.54, 1.807) is 4.52 Å². The Morgan fingerprint density at radius 1 is 1.21 bits per heavy atom. The van der Waals surface area contributed by atoms with Crippen molar-refractivity contribution in [1.82, 2.24) is 19.6 Å². The average Bonchev–Trinajstić information content (AvgIpc) is 2.96. The van der Waals surface area contributed by atoms with E-state index in [4.69, 9.17) is 0 Å². The first-order valence-electron chi connectivity index (χ1n) is 7.33. The highest BCUT2D eigenvalue weighted by molar-refractivity contribution is 9.10. The number of benzene rings is 1. The Kier molecular flexibility index (Phi) is 4.86. The molecule has 0 fully saturated rings. The molecule has 0 aliphatic heterocycles. The Morgan fingerprint density at radius 3 is 2.62 bits per heavy atom. The van der Waals surface area contributed by atoms with E-state index >= 15 is 0 Å². The molecule has 0 spiro atoms. The number of carbonyl (C=O) groups excluding carboxylic acids is 1. The number of nitrogens with zero attached hydrogens (tertiary/aromatic N) is 4. The lowest BCUT2D eigenvalue weighted by atomic mass is 10.2. The minimum atomic E-state index is -0.0989. The molecule has 2 aromatic heterocycles. The first kappa shape index (κ1) is 16.9. The van der Waals surface area contributed by atoms with Crippen LogP contribution >= 0.6 is 27.7 Å². The lowest BCUT2D eigenvalue weighted by Gasteiger charge is -2.04. The third kappa shape index (κ3) is 3.59. The van der Waals surface area contributed by atoms with Crippen LogP contribution in [0, 0.1) is 20.8 Å². The fourth-order valence-corrected chi connectivity index (χ4v) is 3.04. The fraction of sp³-hybridized carbons (Fsp3) is 0.250. The van der Waals surface area contributed by atoms with Gasteiger partial charge in [-0.05, 0) is 50.6 Å². The fourth-order valence-electron chi connectivity index (χ4n) is 2.16. The number of fused-ring (bicyclic) bond motifs is 1. The first-order valence-corrected chi connectivity index (χ1v) is 9.10. The summed E-state index contributed by atoms with van der Waals surface area (Å²) >= 11 is 4.66. The summed E-state index contributed by atoms with van der Waals surface area (Å²) in [6.45, 7) is 5.95. The van der Waals surface area contributed by atoms with Crippen molar-refractivity contribution in [3.63, 3.8) is 0 Å². The summed E-state index contributed by atoms with van der Waals surface area (Å²) in [6.07, 6.45) is 0. The maximum Gasteiger partial charge on any atom is 0.253 e. The van der Waals surface area contributed by atoms with E-state index in [1.165, 1.54) is 11.8 Å². The quantitative estimate of drug-likeness (QED) is 0.671. The summed E-state index contributed by atoms with van der Waals surface area (Å²) in [6, 6.07) is 7.44. The van der Waals surface area contributed by atoms with Crippen LogP contribution in [0.3, 0.4) is 0 Å². The molecule has 24 heavy (non-hydrogen) atoms. The number of aryl methyl sites for hydroxylation is 2. The van der Waals surface area contributed by atoms with Crippen molar-refractivity contribution in [2.24, 2.45) is 0 Å². The molecule has 124 valence electrons. The average molecular weight is 406 g/mol. The van der Waals surface area contributed by atoms with Crippen LogP contribution < -0.4 is 5.32 Å². The number of hydrogen-bond donors (Lipinski definition) is 1. The summed E-state index contributed by atoms with van der Waals surface area (Å²) in [5.74, 6) is 0.703. The van der Waals surface area contributed by atoms with Gasteiger partial charge in [0.25, 0.3) is 5.78 Å². The minimum absolute atomic E-state index is 0.0989. The number of amides is 1. The van der Waals surface area contributed by atoms with Crippen molar-refractivity contribution in [3.8, 4) is 0 Å². The number of rotatable bonds is 4. The molecule has 1 N–H and O–H groups in total. The summed E-state index contributed by atoms with van der Waals surface area (Å²) < 4.78 is 2.69. The molecule has 6 nitrogen and oxygen atoms in total. The number of thioether (sulfide) groups is 1. The number of hydrogen-bond acceptors (Lipinski definition) is 5. The van der Waals surface area contributed by atoms with Crippen LogP contribution in [0.15, 0.2) is 33.9 Å². The lowest BCUT2D eigenvalue weighted by molar-refractivity contribution is -0.113. The Morgan fingerprint density at radius 2 is 1.92 bits per heavy atom. The maximum atomic E-state index is 12.0. The standard InChI is InChI=1S/C16H16BrN5OS/c1-9-10(2)18-15-20-16(21-22(15)11(9)3)24-8-14(23)19-13-6-4-12(17)5-7-13/h4-7H,8H2,1-3H3,(H,19,23). The van der Waals surface area contributed by atoms with Gasteiger partial charge in [-0.3, -0.25) is 4.79 Å². The van der Waals surface area contributed by atoms with Gasteiger partial charge < -0.3 is 5.32 Å². The molecule has 0 saturated heterocycles. The molecule has 0 aliphatic carbocycles. The molecular weight excluding hydrogens is 390 g/mol. The van der Waals surface area contributed by atoms with Gasteiger partial charge in [0.15, 0.2) is 0 Å². The topological polar surface area (TPSA) is 72.2 Å². The molecule has 3 rings (SSSR count). The van der Waals surface area contributed by atoms with Gasteiger partial charge >= 0.3 is 0 Å². The second-order valence-electron chi connectivity index (χ2n) is 5.36. The van der Waals surface area contributed by atoms with Crippen LogP contribution in [0.2, 0.25) is 0 Å². The molecule has 0 aliphatic rings. The Balaban J connectivity index is 1.68. The summed E-state index contributed by atoms with van der Waals surface area (Å²) in [5, 5.41) is 7.81. The van der Waals surface area contributed by atoms with Crippen molar-refractivity contribution in [2.75, 3.05) is 11.1 Å². The second-order valence-corrected chi connectivity index (χ2v) is 7.22. The normalized spacial score (nSPS) is 11.0. The monoisotopic (exact) mass is 405 g/mol. The van der Waals surface area contributed by atoms with Gasteiger partial charge in [-0.2, -0.15) is 4.98 Å². The molecule has 0 bridgehead atoms. The first-order chi connectivity index (χ1) is 11.4. The molecule has 0 unspecified atom stereocenters. The summed E-state index contributed by atoms with van der Waals surface area (Å²) in [7, 11) is 0. The van der Waals surface area contributed by atoms with E-state index in [0.717, 1.165) is 27.1 Å². The summed E-state index contributed by atoms with van der Waals surface area (Å²) in [4.78, 5) is 20.9. The molecular formula is C16H16BrN5OS. The number of anilines is 1. The Labute approximate surface area is 152 Å². The highest BCUT2D eigenvalue weighted by Crippen LogP contribution is 2.18. The molecule has 0 radical (unpaired) electrons. The highest BCUT2D eigenvalue weighted by Gasteiger charge is 2.12. The van der Waals surface area contributed by atoms with E-state index in [2.05, 4.69) is 36.3 Å². The Hall–Kier alpha value is -1.93. The van der Waals surface area contributed by atoms with Crippen molar-refractivity contribution in [3.05, 3.63) is 45.7 Å². The van der Waals surface area contributed by atoms with Gasteiger partial charge in [0.05, 0.1) is 5.75 Å². The van der Waals surface area contributed by atoms with Crippen LogP contribution in [-0.2, 0) is 4.79 Å². The number of aromatic nitrogens is 4. The van der Waals surface area contributed by atoms with Crippen LogP contribution in [0.25, 0.3) is 5.78 Å². The van der Waals surface area contributed by atoms with Crippen LogP contribution in [0.4, 0.5) is 5.69 Å². The number of carbonyl (C=O) groups is 1. The van der Waals surface area contributed by atoms with Crippen LogP contribution in [0.5, 0.6) is 0 Å². The van der Waals surface area contributed by atoms with E-state index < -0.39 is 0 Å². The second kappa shape index (κ2) is 6.90.